The van der Waals surface area contributed by atoms with Crippen LogP contribution in [0, 0.1) is 0 Å². The molecule has 0 spiro atoms. The van der Waals surface area contributed by atoms with Gasteiger partial charge in [0.2, 0.25) is 5.91 Å². The summed E-state index contributed by atoms with van der Waals surface area (Å²) in [5, 5.41) is 18.1. The van der Waals surface area contributed by atoms with Gasteiger partial charge in [0.15, 0.2) is 0 Å². The minimum atomic E-state index is -1.41. The van der Waals surface area contributed by atoms with Gasteiger partial charge >= 0.3 is 11.9 Å². The highest BCUT2D eigenvalue weighted by Crippen LogP contribution is 2.34. The maximum atomic E-state index is 11.7. The molecule has 9 heteroatoms. The minimum Gasteiger partial charge on any atom is -0.478 e. The monoisotopic (exact) mass is 380 g/mol. The van der Waals surface area contributed by atoms with Crippen molar-refractivity contribution >= 4 is 50.5 Å². The average molecular weight is 381 g/mol. The summed E-state index contributed by atoms with van der Waals surface area (Å²) in [7, 11) is 0. The molecule has 2 aromatic rings. The van der Waals surface area contributed by atoms with Gasteiger partial charge in [-0.3, -0.25) is 9.59 Å². The number of aromatic carboxylic acids is 2. The summed E-state index contributed by atoms with van der Waals surface area (Å²) >= 11 is 3.03. The molecule has 0 bridgehead atoms. The fraction of sp³-hybridized carbons (Fsp3) is 0. The van der Waals surface area contributed by atoms with Crippen LogP contribution in [0.25, 0.3) is 10.8 Å². The van der Waals surface area contributed by atoms with Crippen LogP contribution < -0.4 is 11.5 Å². The SMILES string of the molecule is NC(=O)c1cc(Br)c(C(N)=O)c2c(C(=O)O)ccc(C(=O)O)c12. The molecule has 23 heavy (non-hydrogen) atoms. The first kappa shape index (κ1) is 16.4. The first-order valence-electron chi connectivity index (χ1n) is 6.02. The van der Waals surface area contributed by atoms with E-state index in [1.807, 2.05) is 0 Å². The molecule has 118 valence electrons. The van der Waals surface area contributed by atoms with E-state index in [0.29, 0.717) is 0 Å². The van der Waals surface area contributed by atoms with E-state index in [2.05, 4.69) is 15.9 Å². The normalized spacial score (nSPS) is 10.5. The molecule has 6 N–H and O–H groups in total. The highest BCUT2D eigenvalue weighted by molar-refractivity contribution is 9.10. The molecule has 2 rings (SSSR count). The van der Waals surface area contributed by atoms with Crippen molar-refractivity contribution in [2.75, 3.05) is 0 Å². The summed E-state index contributed by atoms with van der Waals surface area (Å²) < 4.78 is 0.0383. The van der Waals surface area contributed by atoms with E-state index in [4.69, 9.17) is 11.5 Å². The summed E-state index contributed by atoms with van der Waals surface area (Å²) in [6.07, 6.45) is 0. The number of hydrogen-bond acceptors (Lipinski definition) is 4. The number of carbonyl (C=O) groups excluding carboxylic acids is 2. The van der Waals surface area contributed by atoms with Gasteiger partial charge < -0.3 is 21.7 Å². The number of rotatable bonds is 4. The molecule has 0 radical (unpaired) electrons. The lowest BCUT2D eigenvalue weighted by Crippen LogP contribution is -2.19. The average Bonchev–Trinajstić information content (AvgIpc) is 2.43. The molecule has 0 aliphatic rings. The Labute approximate surface area is 136 Å². The Hall–Kier alpha value is -2.94. The van der Waals surface area contributed by atoms with Crippen molar-refractivity contribution in [3.05, 3.63) is 44.9 Å². The van der Waals surface area contributed by atoms with Crippen LogP contribution >= 0.6 is 15.9 Å². The fourth-order valence-corrected chi connectivity index (χ4v) is 2.95. The molecule has 0 heterocycles. The van der Waals surface area contributed by atoms with Crippen molar-refractivity contribution in [1.29, 1.82) is 0 Å². The van der Waals surface area contributed by atoms with Crippen LogP contribution in [0.4, 0.5) is 0 Å². The first-order valence-corrected chi connectivity index (χ1v) is 6.81. The Morgan fingerprint density at radius 3 is 1.70 bits per heavy atom. The highest BCUT2D eigenvalue weighted by Gasteiger charge is 2.26. The molecule has 0 aliphatic heterocycles. The van der Waals surface area contributed by atoms with Crippen molar-refractivity contribution in [1.82, 2.24) is 0 Å². The zero-order valence-corrected chi connectivity index (χ0v) is 12.9. The Bertz CT molecular complexity index is 906. The number of carboxylic acids is 2. The minimum absolute atomic E-state index is 0.0383. The second-order valence-electron chi connectivity index (χ2n) is 4.53. The van der Waals surface area contributed by atoms with Gasteiger partial charge in [0.25, 0.3) is 5.91 Å². The number of hydrogen-bond donors (Lipinski definition) is 4. The third-order valence-corrected chi connectivity index (χ3v) is 3.83. The number of fused-ring (bicyclic) bond motifs is 1. The van der Waals surface area contributed by atoms with Crippen LogP contribution in [0.3, 0.4) is 0 Å². The molecule has 0 atom stereocenters. The van der Waals surface area contributed by atoms with Gasteiger partial charge in [0.1, 0.15) is 0 Å². The maximum absolute atomic E-state index is 11.7. The zero-order valence-electron chi connectivity index (χ0n) is 11.3. The zero-order chi connectivity index (χ0) is 17.5. The van der Waals surface area contributed by atoms with E-state index in [0.717, 1.165) is 18.2 Å². The number of carbonyl (C=O) groups is 4. The molecule has 0 fully saturated rings. The van der Waals surface area contributed by atoms with Gasteiger partial charge in [0.05, 0.1) is 16.7 Å². The van der Waals surface area contributed by atoms with Gasteiger partial charge in [-0.15, -0.1) is 0 Å². The van der Waals surface area contributed by atoms with Crippen molar-refractivity contribution < 1.29 is 29.4 Å². The molecule has 0 saturated heterocycles. The quantitative estimate of drug-likeness (QED) is 0.622. The Balaban J connectivity index is 3.26. The predicted octanol–water partition coefficient (Wildman–Crippen LogP) is 1.20. The van der Waals surface area contributed by atoms with Gasteiger partial charge in [0, 0.05) is 20.8 Å². The fourth-order valence-electron chi connectivity index (χ4n) is 2.32. The van der Waals surface area contributed by atoms with E-state index in [1.165, 1.54) is 0 Å². The summed E-state index contributed by atoms with van der Waals surface area (Å²) in [4.78, 5) is 46.2. The number of carboxylic acid groups (broad SMARTS) is 2. The second kappa shape index (κ2) is 5.69. The highest BCUT2D eigenvalue weighted by atomic mass is 79.9. The molecule has 0 aliphatic carbocycles. The van der Waals surface area contributed by atoms with Crippen LogP contribution in [-0.2, 0) is 0 Å². The van der Waals surface area contributed by atoms with Crippen molar-refractivity contribution in [3.63, 3.8) is 0 Å². The lowest BCUT2D eigenvalue weighted by molar-refractivity contribution is 0.0684. The van der Waals surface area contributed by atoms with E-state index in [9.17, 15) is 29.4 Å². The van der Waals surface area contributed by atoms with Gasteiger partial charge in [-0.2, -0.15) is 0 Å². The van der Waals surface area contributed by atoms with Crippen molar-refractivity contribution in [3.8, 4) is 0 Å². The van der Waals surface area contributed by atoms with Crippen LogP contribution in [0.5, 0.6) is 0 Å². The standard InChI is InChI=1S/C14H9BrN2O6/c15-7-3-6(11(16)18)8-4(13(20)21)1-2-5(14(22)23)9(8)10(7)12(17)19/h1-3H,(H2,16,18)(H2,17,19)(H,20,21)(H,22,23). The molecular formula is C14H9BrN2O6. The number of primary amides is 2. The van der Waals surface area contributed by atoms with E-state index < -0.39 is 23.8 Å². The Morgan fingerprint density at radius 1 is 0.826 bits per heavy atom. The van der Waals surface area contributed by atoms with Crippen molar-refractivity contribution in [2.45, 2.75) is 0 Å². The molecule has 0 saturated carbocycles. The van der Waals surface area contributed by atoms with Gasteiger partial charge in [-0.05, 0) is 34.1 Å². The lowest BCUT2D eigenvalue weighted by atomic mass is 9.91. The summed E-state index contributed by atoms with van der Waals surface area (Å²) in [5.41, 5.74) is 9.31. The first-order chi connectivity index (χ1) is 10.7. The topological polar surface area (TPSA) is 161 Å². The van der Waals surface area contributed by atoms with E-state index in [1.54, 1.807) is 0 Å². The lowest BCUT2D eigenvalue weighted by Gasteiger charge is -2.14. The third-order valence-electron chi connectivity index (χ3n) is 3.21. The van der Waals surface area contributed by atoms with Gasteiger partial charge in [-0.25, -0.2) is 9.59 Å². The van der Waals surface area contributed by atoms with E-state index >= 15 is 0 Å². The maximum Gasteiger partial charge on any atom is 0.336 e. The van der Waals surface area contributed by atoms with E-state index in [-0.39, 0.29) is 37.5 Å². The van der Waals surface area contributed by atoms with Crippen LogP contribution in [0.15, 0.2) is 22.7 Å². The smallest absolute Gasteiger partial charge is 0.336 e. The molecule has 8 nitrogen and oxygen atoms in total. The van der Waals surface area contributed by atoms with Crippen molar-refractivity contribution in [2.24, 2.45) is 11.5 Å². The molecule has 2 aromatic carbocycles. The summed E-state index contributed by atoms with van der Waals surface area (Å²) in [6.45, 7) is 0. The molecule has 0 unspecified atom stereocenters. The van der Waals surface area contributed by atoms with Crippen LogP contribution in [0.2, 0.25) is 0 Å². The Kier molecular flexibility index (Phi) is 4.06. The Morgan fingerprint density at radius 2 is 1.30 bits per heavy atom. The molecule has 0 aromatic heterocycles. The summed E-state index contributed by atoms with van der Waals surface area (Å²) in [6, 6.07) is 3.19. The number of benzene rings is 2. The molecule has 2 amide bonds. The number of amides is 2. The largest absolute Gasteiger partial charge is 0.478 e. The predicted molar refractivity (Wildman–Crippen MR) is 82.6 cm³/mol. The second-order valence-corrected chi connectivity index (χ2v) is 5.38. The van der Waals surface area contributed by atoms with Crippen LogP contribution in [0.1, 0.15) is 41.4 Å². The van der Waals surface area contributed by atoms with Gasteiger partial charge in [-0.1, -0.05) is 0 Å². The third kappa shape index (κ3) is 2.61. The number of halogens is 1. The van der Waals surface area contributed by atoms with Crippen LogP contribution in [-0.4, -0.2) is 34.0 Å². The summed E-state index contributed by atoms with van der Waals surface area (Å²) in [5.74, 6) is -4.78. The number of nitrogens with two attached hydrogens (primary N) is 2. The molecular weight excluding hydrogens is 372 g/mol.